The van der Waals surface area contributed by atoms with E-state index in [9.17, 15) is 8.42 Å². The van der Waals surface area contributed by atoms with Gasteiger partial charge in [-0.2, -0.15) is 0 Å². The lowest BCUT2D eigenvalue weighted by Gasteiger charge is -2.22. The smallest absolute Gasteiger partial charge is 0.241 e. The first-order valence-corrected chi connectivity index (χ1v) is 9.04. The van der Waals surface area contributed by atoms with Crippen LogP contribution in [0.1, 0.15) is 17.7 Å². The van der Waals surface area contributed by atoms with Crippen molar-refractivity contribution >= 4 is 37.3 Å². The molecule has 102 valence electrons. The standard InChI is InChI=1S/C11H17BrN2O2S2/c1-8-10(6-11(12)17-8)18(15,16)14-7-9-2-4-13-5-3-9/h6,9,13-14H,2-5,7H2,1H3. The van der Waals surface area contributed by atoms with E-state index in [1.54, 1.807) is 6.07 Å². The quantitative estimate of drug-likeness (QED) is 0.872. The van der Waals surface area contributed by atoms with Gasteiger partial charge in [-0.1, -0.05) is 0 Å². The van der Waals surface area contributed by atoms with Crippen LogP contribution in [0, 0.1) is 12.8 Å². The minimum Gasteiger partial charge on any atom is -0.317 e. The Morgan fingerprint density at radius 2 is 2.17 bits per heavy atom. The summed E-state index contributed by atoms with van der Waals surface area (Å²) in [6.07, 6.45) is 2.07. The minimum atomic E-state index is -3.36. The third-order valence-electron chi connectivity index (χ3n) is 3.15. The van der Waals surface area contributed by atoms with E-state index in [0.29, 0.717) is 17.4 Å². The average Bonchev–Trinajstić information content (AvgIpc) is 2.68. The first-order chi connectivity index (χ1) is 8.49. The molecule has 1 saturated heterocycles. The first-order valence-electron chi connectivity index (χ1n) is 5.95. The normalized spacial score (nSPS) is 18.1. The Labute approximate surface area is 120 Å². The number of rotatable bonds is 4. The largest absolute Gasteiger partial charge is 0.317 e. The van der Waals surface area contributed by atoms with Crippen molar-refractivity contribution < 1.29 is 8.42 Å². The molecular weight excluding hydrogens is 336 g/mol. The Hall–Kier alpha value is 0.0500. The number of nitrogens with one attached hydrogen (secondary N) is 2. The van der Waals surface area contributed by atoms with Gasteiger partial charge in [0, 0.05) is 11.4 Å². The third-order valence-corrected chi connectivity index (χ3v) is 6.38. The van der Waals surface area contributed by atoms with Gasteiger partial charge in [-0.05, 0) is 60.8 Å². The highest BCUT2D eigenvalue weighted by Crippen LogP contribution is 2.29. The summed E-state index contributed by atoms with van der Waals surface area (Å²) < 4.78 is 27.9. The van der Waals surface area contributed by atoms with E-state index in [1.807, 2.05) is 6.92 Å². The number of hydrogen-bond acceptors (Lipinski definition) is 4. The average molecular weight is 353 g/mol. The van der Waals surface area contributed by atoms with Crippen molar-refractivity contribution in [3.8, 4) is 0 Å². The maximum Gasteiger partial charge on any atom is 0.241 e. The molecule has 0 amide bonds. The maximum atomic E-state index is 12.2. The van der Waals surface area contributed by atoms with Gasteiger partial charge < -0.3 is 5.32 Å². The summed E-state index contributed by atoms with van der Waals surface area (Å²) >= 11 is 4.77. The van der Waals surface area contributed by atoms with E-state index in [2.05, 4.69) is 26.0 Å². The molecule has 18 heavy (non-hydrogen) atoms. The Morgan fingerprint density at radius 1 is 1.50 bits per heavy atom. The Bertz CT molecular complexity index is 507. The highest BCUT2D eigenvalue weighted by atomic mass is 79.9. The van der Waals surface area contributed by atoms with E-state index in [4.69, 9.17) is 0 Å². The van der Waals surface area contributed by atoms with Crippen molar-refractivity contribution in [1.82, 2.24) is 10.0 Å². The van der Waals surface area contributed by atoms with E-state index in [-0.39, 0.29) is 0 Å². The van der Waals surface area contributed by atoms with Crippen LogP contribution in [0.15, 0.2) is 14.7 Å². The second-order valence-corrected chi connectivity index (χ2v) is 8.89. The molecule has 0 atom stereocenters. The van der Waals surface area contributed by atoms with Gasteiger partial charge in [-0.25, -0.2) is 13.1 Å². The summed E-state index contributed by atoms with van der Waals surface area (Å²) in [7, 11) is -3.36. The van der Waals surface area contributed by atoms with Crippen LogP contribution >= 0.6 is 27.3 Å². The lowest BCUT2D eigenvalue weighted by Crippen LogP contribution is -2.36. The number of piperidine rings is 1. The molecule has 1 aliphatic rings. The summed E-state index contributed by atoms with van der Waals surface area (Å²) in [6, 6.07) is 1.67. The van der Waals surface area contributed by atoms with Crippen molar-refractivity contribution in [1.29, 1.82) is 0 Å². The molecule has 2 heterocycles. The van der Waals surface area contributed by atoms with Crippen LogP contribution in [0.2, 0.25) is 0 Å². The van der Waals surface area contributed by atoms with Gasteiger partial charge in [0.2, 0.25) is 10.0 Å². The summed E-state index contributed by atoms with van der Waals surface area (Å²) in [5.41, 5.74) is 0. The number of sulfonamides is 1. The number of thiophene rings is 1. The van der Waals surface area contributed by atoms with Gasteiger partial charge in [-0.3, -0.25) is 0 Å². The molecule has 0 aromatic carbocycles. The molecule has 7 heteroatoms. The molecule has 1 aromatic heterocycles. The van der Waals surface area contributed by atoms with Crippen LogP contribution in [0.5, 0.6) is 0 Å². The van der Waals surface area contributed by atoms with Gasteiger partial charge in [0.25, 0.3) is 0 Å². The monoisotopic (exact) mass is 352 g/mol. The molecule has 0 spiro atoms. The Kier molecular flexibility index (Phi) is 4.82. The summed E-state index contributed by atoms with van der Waals surface area (Å²) in [5, 5.41) is 3.27. The molecule has 2 rings (SSSR count). The number of hydrogen-bond donors (Lipinski definition) is 2. The molecule has 0 aliphatic carbocycles. The predicted molar refractivity (Wildman–Crippen MR) is 77.5 cm³/mol. The molecule has 1 aromatic rings. The lowest BCUT2D eigenvalue weighted by atomic mass is 9.99. The van der Waals surface area contributed by atoms with E-state index in [0.717, 1.165) is 34.6 Å². The second-order valence-electron chi connectivity index (χ2n) is 4.52. The van der Waals surface area contributed by atoms with E-state index in [1.165, 1.54) is 11.3 Å². The van der Waals surface area contributed by atoms with Gasteiger partial charge in [-0.15, -0.1) is 11.3 Å². The Balaban J connectivity index is 2.01. The summed E-state index contributed by atoms with van der Waals surface area (Å²) in [5.74, 6) is 0.448. The van der Waals surface area contributed by atoms with Crippen molar-refractivity contribution in [2.75, 3.05) is 19.6 Å². The van der Waals surface area contributed by atoms with Gasteiger partial charge in [0.1, 0.15) is 0 Å². The SMILES string of the molecule is Cc1sc(Br)cc1S(=O)(=O)NCC1CCNCC1. The zero-order valence-electron chi connectivity index (χ0n) is 10.2. The lowest BCUT2D eigenvalue weighted by molar-refractivity contribution is 0.372. The van der Waals surface area contributed by atoms with Crippen LogP contribution in [0.3, 0.4) is 0 Å². The van der Waals surface area contributed by atoms with Crippen LogP contribution < -0.4 is 10.0 Å². The number of halogens is 1. The second kappa shape index (κ2) is 6.00. The molecule has 1 aliphatic heterocycles. The number of aryl methyl sites for hydroxylation is 1. The molecule has 0 saturated carbocycles. The van der Waals surface area contributed by atoms with Gasteiger partial charge in [0.15, 0.2) is 0 Å². The van der Waals surface area contributed by atoms with E-state index >= 15 is 0 Å². The minimum absolute atomic E-state index is 0.397. The van der Waals surface area contributed by atoms with Crippen molar-refractivity contribution in [3.05, 3.63) is 14.7 Å². The van der Waals surface area contributed by atoms with Gasteiger partial charge >= 0.3 is 0 Å². The summed E-state index contributed by atoms with van der Waals surface area (Å²) in [4.78, 5) is 1.22. The topological polar surface area (TPSA) is 58.2 Å². The molecule has 1 fully saturated rings. The van der Waals surface area contributed by atoms with Crippen LogP contribution in [0.25, 0.3) is 0 Å². The molecule has 4 nitrogen and oxygen atoms in total. The van der Waals surface area contributed by atoms with E-state index < -0.39 is 10.0 Å². The fraction of sp³-hybridized carbons (Fsp3) is 0.636. The molecular formula is C11H17BrN2O2S2. The fourth-order valence-corrected chi connectivity index (χ4v) is 5.62. The first kappa shape index (κ1) is 14.5. The Morgan fingerprint density at radius 3 is 2.72 bits per heavy atom. The molecule has 0 unspecified atom stereocenters. The summed E-state index contributed by atoms with van der Waals surface area (Å²) in [6.45, 7) is 4.33. The molecule has 0 bridgehead atoms. The van der Waals surface area contributed by atoms with Crippen molar-refractivity contribution in [3.63, 3.8) is 0 Å². The highest BCUT2D eigenvalue weighted by molar-refractivity contribution is 9.11. The van der Waals surface area contributed by atoms with Crippen LogP contribution in [-0.2, 0) is 10.0 Å². The van der Waals surface area contributed by atoms with Crippen molar-refractivity contribution in [2.24, 2.45) is 5.92 Å². The highest BCUT2D eigenvalue weighted by Gasteiger charge is 2.21. The maximum absolute atomic E-state index is 12.2. The molecule has 0 radical (unpaired) electrons. The van der Waals surface area contributed by atoms with Gasteiger partial charge in [0.05, 0.1) is 8.68 Å². The predicted octanol–water partition coefficient (Wildman–Crippen LogP) is 2.10. The fourth-order valence-electron chi connectivity index (χ4n) is 2.09. The van der Waals surface area contributed by atoms with Crippen LogP contribution in [-0.4, -0.2) is 28.1 Å². The molecule has 2 N–H and O–H groups in total. The van der Waals surface area contributed by atoms with Crippen molar-refractivity contribution in [2.45, 2.75) is 24.7 Å². The zero-order valence-corrected chi connectivity index (χ0v) is 13.4. The van der Waals surface area contributed by atoms with Crippen LogP contribution in [0.4, 0.5) is 0 Å². The zero-order chi connectivity index (χ0) is 13.2. The third kappa shape index (κ3) is 3.54.